The van der Waals surface area contributed by atoms with Crippen molar-refractivity contribution in [2.24, 2.45) is 0 Å². The lowest BCUT2D eigenvalue weighted by Gasteiger charge is -2.09. The average molecular weight is 396 g/mol. The van der Waals surface area contributed by atoms with Crippen LogP contribution in [0.2, 0.25) is 0 Å². The monoisotopic (exact) mass is 396 g/mol. The maximum Gasteiger partial charge on any atom is 0.356 e. The predicted octanol–water partition coefficient (Wildman–Crippen LogP) is 4.69. The normalized spacial score (nSPS) is 11.1. The molecule has 6 nitrogen and oxygen atoms in total. The second-order valence-corrected chi connectivity index (χ2v) is 6.86. The number of aromatic amines is 1. The van der Waals surface area contributed by atoms with E-state index < -0.39 is 11.6 Å². The highest BCUT2D eigenvalue weighted by molar-refractivity contribution is 6.07. The van der Waals surface area contributed by atoms with Gasteiger partial charge in [-0.3, -0.25) is 5.10 Å². The molecule has 0 bridgehead atoms. The number of H-pyrrole nitrogens is 1. The van der Waals surface area contributed by atoms with Crippen molar-refractivity contribution in [3.8, 4) is 11.3 Å². The third-order valence-electron chi connectivity index (χ3n) is 4.94. The van der Waals surface area contributed by atoms with Gasteiger partial charge in [0.1, 0.15) is 17.9 Å². The zero-order valence-corrected chi connectivity index (χ0v) is 15.8. The molecule has 30 heavy (non-hydrogen) atoms. The molecule has 0 radical (unpaired) electrons. The van der Waals surface area contributed by atoms with E-state index in [0.29, 0.717) is 16.8 Å². The van der Waals surface area contributed by atoms with Crippen LogP contribution >= 0.6 is 0 Å². The van der Waals surface area contributed by atoms with E-state index in [0.717, 1.165) is 21.7 Å². The highest BCUT2D eigenvalue weighted by Crippen LogP contribution is 2.28. The van der Waals surface area contributed by atoms with Crippen LogP contribution in [0.15, 0.2) is 88.1 Å². The molecule has 0 fully saturated rings. The van der Waals surface area contributed by atoms with Crippen molar-refractivity contribution in [2.45, 2.75) is 6.61 Å². The van der Waals surface area contributed by atoms with Crippen LogP contribution in [0.3, 0.4) is 0 Å². The number of aromatic nitrogens is 2. The molecular weight excluding hydrogens is 380 g/mol. The van der Waals surface area contributed by atoms with Crippen LogP contribution in [0.25, 0.3) is 33.0 Å². The third-order valence-corrected chi connectivity index (χ3v) is 4.94. The SMILES string of the molecule is O=C(OCc1cc(=O)oc2ccc3ccccc3c12)c1cc(-c2ccccc2)n[nH]1. The number of hydrogen-bond acceptors (Lipinski definition) is 5. The van der Waals surface area contributed by atoms with Gasteiger partial charge in [-0.25, -0.2) is 9.59 Å². The van der Waals surface area contributed by atoms with E-state index in [9.17, 15) is 9.59 Å². The minimum absolute atomic E-state index is 0.0609. The Morgan fingerprint density at radius 2 is 1.77 bits per heavy atom. The van der Waals surface area contributed by atoms with E-state index in [1.165, 1.54) is 6.07 Å². The van der Waals surface area contributed by atoms with Gasteiger partial charge in [-0.05, 0) is 22.9 Å². The topological polar surface area (TPSA) is 85.2 Å². The standard InChI is InChI=1S/C24H16N2O4/c27-22-12-17(23-18-9-5-4-6-15(18)10-11-21(23)30-22)14-29-24(28)20-13-19(25-26-20)16-7-2-1-3-8-16/h1-13H,14H2,(H,25,26). The Morgan fingerprint density at radius 1 is 0.967 bits per heavy atom. The third kappa shape index (κ3) is 3.24. The smallest absolute Gasteiger partial charge is 0.356 e. The van der Waals surface area contributed by atoms with Crippen molar-refractivity contribution in [3.63, 3.8) is 0 Å². The van der Waals surface area contributed by atoms with E-state index in [1.807, 2.05) is 60.7 Å². The Bertz CT molecular complexity index is 1430. The van der Waals surface area contributed by atoms with E-state index in [2.05, 4.69) is 10.2 Å². The van der Waals surface area contributed by atoms with Gasteiger partial charge in [0.15, 0.2) is 0 Å². The first-order chi connectivity index (χ1) is 14.7. The number of nitrogens with zero attached hydrogens (tertiary/aromatic N) is 1. The average Bonchev–Trinajstić information content (AvgIpc) is 3.28. The minimum atomic E-state index is -0.550. The fraction of sp³-hybridized carbons (Fsp3) is 0.0417. The minimum Gasteiger partial charge on any atom is -0.456 e. The lowest BCUT2D eigenvalue weighted by molar-refractivity contribution is 0.0467. The van der Waals surface area contributed by atoms with Gasteiger partial charge in [-0.2, -0.15) is 5.10 Å². The summed E-state index contributed by atoms with van der Waals surface area (Å²) in [5, 5.41) is 9.59. The van der Waals surface area contributed by atoms with E-state index in [-0.39, 0.29) is 12.3 Å². The van der Waals surface area contributed by atoms with Crippen molar-refractivity contribution >= 4 is 27.7 Å². The molecule has 0 saturated heterocycles. The van der Waals surface area contributed by atoms with Gasteiger partial charge in [-0.1, -0.05) is 60.7 Å². The molecule has 146 valence electrons. The summed E-state index contributed by atoms with van der Waals surface area (Å²) < 4.78 is 10.8. The van der Waals surface area contributed by atoms with Crippen LogP contribution in [-0.4, -0.2) is 16.2 Å². The Labute approximate surface area is 170 Å². The van der Waals surface area contributed by atoms with E-state index in [1.54, 1.807) is 12.1 Å². The lowest BCUT2D eigenvalue weighted by Crippen LogP contribution is -2.08. The molecule has 5 rings (SSSR count). The zero-order chi connectivity index (χ0) is 20.5. The predicted molar refractivity (Wildman–Crippen MR) is 113 cm³/mol. The molecule has 2 aromatic heterocycles. The van der Waals surface area contributed by atoms with Crippen LogP contribution in [0, 0.1) is 0 Å². The van der Waals surface area contributed by atoms with E-state index in [4.69, 9.17) is 9.15 Å². The second-order valence-electron chi connectivity index (χ2n) is 6.86. The summed E-state index contributed by atoms with van der Waals surface area (Å²) in [6, 6.07) is 24.0. The molecule has 0 spiro atoms. The van der Waals surface area contributed by atoms with Crippen molar-refractivity contribution in [1.82, 2.24) is 10.2 Å². The number of carbonyl (C=O) groups is 1. The maximum absolute atomic E-state index is 12.6. The summed E-state index contributed by atoms with van der Waals surface area (Å²) in [6.07, 6.45) is 0. The number of esters is 1. The van der Waals surface area contributed by atoms with Gasteiger partial charge < -0.3 is 9.15 Å². The van der Waals surface area contributed by atoms with Crippen molar-refractivity contribution < 1.29 is 13.9 Å². The summed E-state index contributed by atoms with van der Waals surface area (Å²) in [7, 11) is 0. The van der Waals surface area contributed by atoms with E-state index >= 15 is 0 Å². The Morgan fingerprint density at radius 3 is 2.63 bits per heavy atom. The summed E-state index contributed by atoms with van der Waals surface area (Å²) >= 11 is 0. The molecule has 3 aromatic carbocycles. The molecule has 0 aliphatic carbocycles. The molecule has 0 atom stereocenters. The summed E-state index contributed by atoms with van der Waals surface area (Å²) in [5.41, 5.74) is 2.35. The van der Waals surface area contributed by atoms with Crippen molar-refractivity contribution in [1.29, 1.82) is 0 Å². The summed E-state index contributed by atoms with van der Waals surface area (Å²) in [6.45, 7) is -0.0609. The highest BCUT2D eigenvalue weighted by atomic mass is 16.5. The Hall–Kier alpha value is -4.19. The maximum atomic E-state index is 12.6. The fourth-order valence-electron chi connectivity index (χ4n) is 3.54. The Balaban J connectivity index is 1.45. The van der Waals surface area contributed by atoms with Gasteiger partial charge in [0.25, 0.3) is 0 Å². The van der Waals surface area contributed by atoms with Gasteiger partial charge in [0, 0.05) is 22.6 Å². The van der Waals surface area contributed by atoms with Gasteiger partial charge in [0.2, 0.25) is 0 Å². The van der Waals surface area contributed by atoms with Gasteiger partial charge in [-0.15, -0.1) is 0 Å². The molecular formula is C24H16N2O4. The van der Waals surface area contributed by atoms with Crippen molar-refractivity contribution in [2.75, 3.05) is 0 Å². The van der Waals surface area contributed by atoms with Gasteiger partial charge in [0.05, 0.1) is 5.69 Å². The Kier molecular flexibility index (Phi) is 4.37. The van der Waals surface area contributed by atoms with Gasteiger partial charge >= 0.3 is 11.6 Å². The molecule has 0 amide bonds. The highest BCUT2D eigenvalue weighted by Gasteiger charge is 2.15. The number of hydrogen-bond donors (Lipinski definition) is 1. The van der Waals surface area contributed by atoms with Crippen LogP contribution in [0.1, 0.15) is 16.1 Å². The number of benzene rings is 3. The first kappa shape index (κ1) is 17.9. The summed E-state index contributed by atoms with van der Waals surface area (Å²) in [4.78, 5) is 24.5. The number of ether oxygens (including phenoxy) is 1. The lowest BCUT2D eigenvalue weighted by atomic mass is 10.0. The molecule has 2 heterocycles. The molecule has 5 aromatic rings. The van der Waals surface area contributed by atoms with Crippen LogP contribution in [0.4, 0.5) is 0 Å². The fourth-order valence-corrected chi connectivity index (χ4v) is 3.54. The summed E-state index contributed by atoms with van der Waals surface area (Å²) in [5.74, 6) is -0.550. The molecule has 0 aliphatic heterocycles. The largest absolute Gasteiger partial charge is 0.456 e. The second kappa shape index (κ2) is 7.33. The quantitative estimate of drug-likeness (QED) is 0.271. The first-order valence-corrected chi connectivity index (χ1v) is 9.41. The van der Waals surface area contributed by atoms with Crippen molar-refractivity contribution in [3.05, 3.63) is 101 Å². The number of nitrogens with one attached hydrogen (secondary N) is 1. The molecule has 0 saturated carbocycles. The zero-order valence-electron chi connectivity index (χ0n) is 15.8. The van der Waals surface area contributed by atoms with Crippen LogP contribution < -0.4 is 5.63 Å². The first-order valence-electron chi connectivity index (χ1n) is 9.41. The number of carbonyl (C=O) groups excluding carboxylic acids is 1. The molecule has 6 heteroatoms. The van der Waals surface area contributed by atoms with Crippen LogP contribution in [0.5, 0.6) is 0 Å². The number of rotatable bonds is 4. The number of fused-ring (bicyclic) bond motifs is 3. The molecule has 1 N–H and O–H groups in total. The molecule has 0 unspecified atom stereocenters. The van der Waals surface area contributed by atoms with Crippen LogP contribution in [-0.2, 0) is 11.3 Å². The molecule has 0 aliphatic rings.